The summed E-state index contributed by atoms with van der Waals surface area (Å²) in [7, 11) is 1.69. The second-order valence-electron chi connectivity index (χ2n) is 5.08. The number of rotatable bonds is 7. The topological polar surface area (TPSA) is 12.5 Å². The van der Waals surface area contributed by atoms with Crippen molar-refractivity contribution in [2.24, 2.45) is 0 Å². The molecule has 0 N–H and O–H groups in total. The van der Waals surface area contributed by atoms with E-state index in [9.17, 15) is 0 Å². The Morgan fingerprint density at radius 2 is 1.86 bits per heavy atom. The Morgan fingerprint density at radius 1 is 1.10 bits per heavy atom. The van der Waals surface area contributed by atoms with Gasteiger partial charge in [-0.05, 0) is 47.5 Å². The Morgan fingerprint density at radius 3 is 2.48 bits per heavy atom. The Balaban J connectivity index is 2.18. The van der Waals surface area contributed by atoms with Gasteiger partial charge >= 0.3 is 0 Å². The van der Waals surface area contributed by atoms with Crippen molar-refractivity contribution in [2.75, 3.05) is 13.7 Å². The SMILES string of the molecule is C=CN(CCC)Cc1cccc(-c2ccc(OC)cc2)c1. The summed E-state index contributed by atoms with van der Waals surface area (Å²) in [5.74, 6) is 0.885. The van der Waals surface area contributed by atoms with Crippen LogP contribution in [-0.2, 0) is 6.54 Å². The summed E-state index contributed by atoms with van der Waals surface area (Å²) in [4.78, 5) is 2.24. The van der Waals surface area contributed by atoms with Crippen LogP contribution in [0.1, 0.15) is 18.9 Å². The van der Waals surface area contributed by atoms with Crippen LogP contribution in [-0.4, -0.2) is 18.6 Å². The van der Waals surface area contributed by atoms with E-state index < -0.39 is 0 Å². The highest BCUT2D eigenvalue weighted by Crippen LogP contribution is 2.23. The smallest absolute Gasteiger partial charge is 0.118 e. The molecule has 0 aliphatic carbocycles. The maximum atomic E-state index is 5.21. The summed E-state index contributed by atoms with van der Waals surface area (Å²) < 4.78 is 5.21. The van der Waals surface area contributed by atoms with Crippen LogP contribution in [0.5, 0.6) is 5.75 Å². The molecule has 0 spiro atoms. The van der Waals surface area contributed by atoms with Crippen LogP contribution in [0, 0.1) is 0 Å². The summed E-state index contributed by atoms with van der Waals surface area (Å²) in [5.41, 5.74) is 3.74. The highest BCUT2D eigenvalue weighted by molar-refractivity contribution is 5.64. The van der Waals surface area contributed by atoms with Crippen molar-refractivity contribution in [3.8, 4) is 16.9 Å². The Kier molecular flexibility index (Phi) is 5.44. The van der Waals surface area contributed by atoms with Crippen LogP contribution < -0.4 is 4.74 Å². The van der Waals surface area contributed by atoms with Crippen LogP contribution in [0.25, 0.3) is 11.1 Å². The highest BCUT2D eigenvalue weighted by Gasteiger charge is 2.03. The lowest BCUT2D eigenvalue weighted by Crippen LogP contribution is -2.16. The van der Waals surface area contributed by atoms with Crippen molar-refractivity contribution in [3.63, 3.8) is 0 Å². The number of benzene rings is 2. The number of ether oxygens (including phenoxy) is 1. The zero-order valence-corrected chi connectivity index (χ0v) is 12.9. The van der Waals surface area contributed by atoms with E-state index in [4.69, 9.17) is 4.74 Å². The maximum absolute atomic E-state index is 5.21. The number of nitrogens with zero attached hydrogens (tertiary/aromatic N) is 1. The lowest BCUT2D eigenvalue weighted by molar-refractivity contribution is 0.370. The highest BCUT2D eigenvalue weighted by atomic mass is 16.5. The molecule has 0 amide bonds. The normalized spacial score (nSPS) is 10.2. The van der Waals surface area contributed by atoms with Gasteiger partial charge in [-0.2, -0.15) is 0 Å². The van der Waals surface area contributed by atoms with E-state index in [1.54, 1.807) is 7.11 Å². The van der Waals surface area contributed by atoms with Gasteiger partial charge in [0.15, 0.2) is 0 Å². The average Bonchev–Trinajstić information content (AvgIpc) is 2.55. The Bertz CT molecular complexity index is 574. The third-order valence-electron chi connectivity index (χ3n) is 3.51. The number of hydrogen-bond donors (Lipinski definition) is 0. The van der Waals surface area contributed by atoms with Gasteiger partial charge in [0, 0.05) is 13.1 Å². The monoisotopic (exact) mass is 281 g/mol. The quantitative estimate of drug-likeness (QED) is 0.728. The number of hydrogen-bond acceptors (Lipinski definition) is 2. The summed E-state index contributed by atoms with van der Waals surface area (Å²) in [6.45, 7) is 8.01. The van der Waals surface area contributed by atoms with Gasteiger partial charge in [0.05, 0.1) is 7.11 Å². The molecule has 0 radical (unpaired) electrons. The first-order chi connectivity index (χ1) is 10.3. The van der Waals surface area contributed by atoms with Crippen molar-refractivity contribution >= 4 is 0 Å². The predicted molar refractivity (Wildman–Crippen MR) is 89.3 cm³/mol. The first kappa shape index (κ1) is 15.2. The van der Waals surface area contributed by atoms with E-state index in [0.29, 0.717) is 0 Å². The van der Waals surface area contributed by atoms with Crippen molar-refractivity contribution < 1.29 is 4.74 Å². The second-order valence-corrected chi connectivity index (χ2v) is 5.08. The molecule has 21 heavy (non-hydrogen) atoms. The van der Waals surface area contributed by atoms with Crippen LogP contribution in [0.2, 0.25) is 0 Å². The fourth-order valence-corrected chi connectivity index (χ4v) is 2.39. The predicted octanol–water partition coefficient (Wildman–Crippen LogP) is 4.72. The van der Waals surface area contributed by atoms with Crippen molar-refractivity contribution in [3.05, 3.63) is 66.9 Å². The molecule has 0 fully saturated rings. The lowest BCUT2D eigenvalue weighted by atomic mass is 10.0. The fraction of sp³-hybridized carbons (Fsp3) is 0.263. The standard InChI is InChI=1S/C19H23NO/c1-4-13-20(5-2)15-16-7-6-8-18(14-16)17-9-11-19(21-3)12-10-17/h5-12,14H,2,4,13,15H2,1,3H3. The van der Waals surface area contributed by atoms with Crippen LogP contribution in [0.3, 0.4) is 0 Å². The van der Waals surface area contributed by atoms with E-state index in [2.05, 4.69) is 54.8 Å². The molecule has 2 rings (SSSR count). The van der Waals surface area contributed by atoms with E-state index in [0.717, 1.165) is 25.3 Å². The van der Waals surface area contributed by atoms with E-state index >= 15 is 0 Å². The van der Waals surface area contributed by atoms with Gasteiger partial charge in [-0.1, -0.05) is 43.8 Å². The Labute approximate surface area is 127 Å². The van der Waals surface area contributed by atoms with Gasteiger partial charge in [-0.15, -0.1) is 0 Å². The molecule has 2 nitrogen and oxygen atoms in total. The molecule has 0 aliphatic rings. The molecule has 0 aromatic heterocycles. The van der Waals surface area contributed by atoms with Gasteiger partial charge in [-0.25, -0.2) is 0 Å². The average molecular weight is 281 g/mol. The summed E-state index contributed by atoms with van der Waals surface area (Å²) in [5, 5.41) is 0. The van der Waals surface area contributed by atoms with Crippen LogP contribution >= 0.6 is 0 Å². The van der Waals surface area contributed by atoms with E-state index in [-0.39, 0.29) is 0 Å². The fourth-order valence-electron chi connectivity index (χ4n) is 2.39. The summed E-state index contributed by atoms with van der Waals surface area (Å²) in [6.07, 6.45) is 3.05. The molecule has 2 heteroatoms. The van der Waals surface area contributed by atoms with Crippen LogP contribution in [0.15, 0.2) is 61.3 Å². The number of methoxy groups -OCH3 is 1. The molecule has 0 unspecified atom stereocenters. The van der Waals surface area contributed by atoms with Gasteiger partial charge in [0.2, 0.25) is 0 Å². The molecule has 0 heterocycles. The Hall–Kier alpha value is -2.22. The van der Waals surface area contributed by atoms with Crippen molar-refractivity contribution in [1.29, 1.82) is 0 Å². The van der Waals surface area contributed by atoms with E-state index in [1.165, 1.54) is 16.7 Å². The molecule has 0 aliphatic heterocycles. The second kappa shape index (κ2) is 7.53. The van der Waals surface area contributed by atoms with Crippen molar-refractivity contribution in [2.45, 2.75) is 19.9 Å². The van der Waals surface area contributed by atoms with Crippen molar-refractivity contribution in [1.82, 2.24) is 4.90 Å². The van der Waals surface area contributed by atoms with Gasteiger partial charge in [0.25, 0.3) is 0 Å². The third-order valence-corrected chi connectivity index (χ3v) is 3.51. The molecule has 2 aromatic carbocycles. The van der Waals surface area contributed by atoms with Gasteiger partial charge < -0.3 is 9.64 Å². The molecule has 2 aromatic rings. The zero-order chi connectivity index (χ0) is 15.1. The molecule has 0 saturated carbocycles. The van der Waals surface area contributed by atoms with Gasteiger partial charge in [0.1, 0.15) is 5.75 Å². The molecular weight excluding hydrogens is 258 g/mol. The minimum Gasteiger partial charge on any atom is -0.497 e. The minimum absolute atomic E-state index is 0.885. The molecule has 0 atom stereocenters. The maximum Gasteiger partial charge on any atom is 0.118 e. The first-order valence-corrected chi connectivity index (χ1v) is 7.36. The summed E-state index contributed by atoms with van der Waals surface area (Å²) >= 11 is 0. The van der Waals surface area contributed by atoms with Crippen LogP contribution in [0.4, 0.5) is 0 Å². The summed E-state index contributed by atoms with van der Waals surface area (Å²) in [6, 6.07) is 16.8. The third kappa shape index (κ3) is 4.12. The molecule has 0 saturated heterocycles. The molecular formula is C19H23NO. The lowest BCUT2D eigenvalue weighted by Gasteiger charge is -2.19. The van der Waals surface area contributed by atoms with E-state index in [1.807, 2.05) is 18.3 Å². The first-order valence-electron chi connectivity index (χ1n) is 7.36. The molecule has 110 valence electrons. The van der Waals surface area contributed by atoms with Gasteiger partial charge in [-0.3, -0.25) is 0 Å². The zero-order valence-electron chi connectivity index (χ0n) is 12.9. The molecule has 0 bridgehead atoms. The minimum atomic E-state index is 0.885. The largest absolute Gasteiger partial charge is 0.497 e.